The van der Waals surface area contributed by atoms with Crippen molar-refractivity contribution in [3.8, 4) is 5.88 Å². The number of pyridine rings is 1. The maximum atomic E-state index is 5.06. The third-order valence-corrected chi connectivity index (χ3v) is 3.62. The minimum absolute atomic E-state index is 0.255. The summed E-state index contributed by atoms with van der Waals surface area (Å²) < 4.78 is 6.98. The number of rotatable bonds is 5. The van der Waals surface area contributed by atoms with Crippen molar-refractivity contribution in [1.29, 1.82) is 0 Å². The van der Waals surface area contributed by atoms with Crippen molar-refractivity contribution in [2.45, 2.75) is 33.4 Å². The summed E-state index contributed by atoms with van der Waals surface area (Å²) in [4.78, 5) is 4.21. The van der Waals surface area contributed by atoms with Crippen molar-refractivity contribution in [2.24, 2.45) is 7.05 Å². The number of nitrogens with zero attached hydrogens (tertiary/aromatic N) is 3. The normalized spacial score (nSPS) is 12.4. The van der Waals surface area contributed by atoms with Gasteiger partial charge in [0.25, 0.3) is 0 Å². The third kappa shape index (κ3) is 2.99. The smallest absolute Gasteiger partial charge is 0.212 e. The maximum Gasteiger partial charge on any atom is 0.212 e. The van der Waals surface area contributed by atoms with E-state index >= 15 is 0 Å². The molecule has 108 valence electrons. The summed E-state index contributed by atoms with van der Waals surface area (Å²) in [5.74, 6) is 0.640. The molecule has 0 radical (unpaired) electrons. The fraction of sp³-hybridized carbons (Fsp3) is 0.467. The van der Waals surface area contributed by atoms with Crippen molar-refractivity contribution in [2.75, 3.05) is 7.11 Å². The van der Waals surface area contributed by atoms with Gasteiger partial charge in [0, 0.05) is 43.2 Å². The number of aryl methyl sites for hydroxylation is 2. The zero-order valence-electron chi connectivity index (χ0n) is 12.8. The zero-order valence-corrected chi connectivity index (χ0v) is 12.8. The SMILES string of the molecule is COc1ccc(CNC(C)c2c(C)nn(C)c2C)cn1. The van der Waals surface area contributed by atoms with Crippen LogP contribution in [0.25, 0.3) is 0 Å². The van der Waals surface area contributed by atoms with Crippen molar-refractivity contribution in [3.05, 3.63) is 40.8 Å². The van der Waals surface area contributed by atoms with Crippen LogP contribution < -0.4 is 10.1 Å². The van der Waals surface area contributed by atoms with Gasteiger partial charge in [-0.2, -0.15) is 5.10 Å². The molecule has 2 aromatic heterocycles. The zero-order chi connectivity index (χ0) is 14.7. The van der Waals surface area contributed by atoms with Crippen molar-refractivity contribution < 1.29 is 4.74 Å². The van der Waals surface area contributed by atoms with E-state index in [2.05, 4.69) is 36.2 Å². The van der Waals surface area contributed by atoms with Crippen LogP contribution in [-0.2, 0) is 13.6 Å². The van der Waals surface area contributed by atoms with Gasteiger partial charge < -0.3 is 10.1 Å². The molecule has 0 bridgehead atoms. The summed E-state index contributed by atoms with van der Waals surface area (Å²) in [6.45, 7) is 7.08. The highest BCUT2D eigenvalue weighted by Gasteiger charge is 2.15. The lowest BCUT2D eigenvalue weighted by Crippen LogP contribution is -2.19. The lowest BCUT2D eigenvalue weighted by Gasteiger charge is -2.15. The average Bonchev–Trinajstić information content (AvgIpc) is 2.70. The van der Waals surface area contributed by atoms with Gasteiger partial charge in [-0.15, -0.1) is 0 Å². The molecule has 20 heavy (non-hydrogen) atoms. The minimum Gasteiger partial charge on any atom is -0.481 e. The highest BCUT2D eigenvalue weighted by molar-refractivity contribution is 5.28. The molecule has 1 atom stereocenters. The molecule has 2 aromatic rings. The Morgan fingerprint density at radius 2 is 2.10 bits per heavy atom. The second-order valence-electron chi connectivity index (χ2n) is 5.02. The summed E-state index contributed by atoms with van der Waals surface area (Å²) >= 11 is 0. The molecule has 2 rings (SSSR count). The van der Waals surface area contributed by atoms with E-state index in [4.69, 9.17) is 4.74 Å². The predicted molar refractivity (Wildman–Crippen MR) is 78.7 cm³/mol. The van der Waals surface area contributed by atoms with E-state index in [9.17, 15) is 0 Å². The fourth-order valence-electron chi connectivity index (χ4n) is 2.43. The van der Waals surface area contributed by atoms with Crippen LogP contribution in [0.2, 0.25) is 0 Å². The summed E-state index contributed by atoms with van der Waals surface area (Å²) in [6.07, 6.45) is 1.83. The Labute approximate surface area is 120 Å². The topological polar surface area (TPSA) is 52.0 Å². The number of hydrogen-bond acceptors (Lipinski definition) is 4. The van der Waals surface area contributed by atoms with Crippen LogP contribution in [0.5, 0.6) is 5.88 Å². The Bertz CT molecular complexity index is 574. The highest BCUT2D eigenvalue weighted by atomic mass is 16.5. The van der Waals surface area contributed by atoms with Crippen LogP contribution in [0.15, 0.2) is 18.3 Å². The highest BCUT2D eigenvalue weighted by Crippen LogP contribution is 2.21. The van der Waals surface area contributed by atoms with Crippen LogP contribution in [0, 0.1) is 13.8 Å². The van der Waals surface area contributed by atoms with Gasteiger partial charge in [0.05, 0.1) is 12.8 Å². The van der Waals surface area contributed by atoms with Gasteiger partial charge >= 0.3 is 0 Å². The van der Waals surface area contributed by atoms with Crippen LogP contribution in [-0.4, -0.2) is 21.9 Å². The van der Waals surface area contributed by atoms with E-state index in [1.54, 1.807) is 7.11 Å². The van der Waals surface area contributed by atoms with E-state index in [1.807, 2.05) is 30.1 Å². The number of hydrogen-bond donors (Lipinski definition) is 1. The molecule has 0 fully saturated rings. The molecule has 0 aliphatic rings. The summed E-state index contributed by atoms with van der Waals surface area (Å²) in [5.41, 5.74) is 4.69. The molecule has 0 saturated heterocycles. The first-order valence-corrected chi connectivity index (χ1v) is 6.75. The van der Waals surface area contributed by atoms with Gasteiger partial charge in [-0.1, -0.05) is 6.07 Å². The third-order valence-electron chi connectivity index (χ3n) is 3.62. The molecule has 0 aliphatic carbocycles. The second kappa shape index (κ2) is 6.05. The average molecular weight is 274 g/mol. The molecule has 0 amide bonds. The molecule has 0 spiro atoms. The summed E-state index contributed by atoms with van der Waals surface area (Å²) in [7, 11) is 3.60. The minimum atomic E-state index is 0.255. The Morgan fingerprint density at radius 3 is 2.60 bits per heavy atom. The van der Waals surface area contributed by atoms with E-state index in [-0.39, 0.29) is 6.04 Å². The quantitative estimate of drug-likeness (QED) is 0.909. The van der Waals surface area contributed by atoms with Crippen LogP contribution in [0.4, 0.5) is 0 Å². The number of ether oxygens (including phenoxy) is 1. The molecule has 1 unspecified atom stereocenters. The largest absolute Gasteiger partial charge is 0.481 e. The Kier molecular flexibility index (Phi) is 4.39. The first-order chi connectivity index (χ1) is 9.52. The number of nitrogens with one attached hydrogen (secondary N) is 1. The Morgan fingerprint density at radius 1 is 1.35 bits per heavy atom. The molecule has 5 heteroatoms. The lowest BCUT2D eigenvalue weighted by molar-refractivity contribution is 0.397. The molecule has 5 nitrogen and oxygen atoms in total. The van der Waals surface area contributed by atoms with E-state index in [0.717, 1.165) is 17.8 Å². The van der Waals surface area contributed by atoms with E-state index in [0.29, 0.717) is 5.88 Å². The number of aromatic nitrogens is 3. The van der Waals surface area contributed by atoms with Gasteiger partial charge in [-0.3, -0.25) is 4.68 Å². The second-order valence-corrected chi connectivity index (χ2v) is 5.02. The first kappa shape index (κ1) is 14.5. The van der Waals surface area contributed by atoms with Crippen molar-refractivity contribution in [3.63, 3.8) is 0 Å². The van der Waals surface area contributed by atoms with Crippen molar-refractivity contribution in [1.82, 2.24) is 20.1 Å². The molecule has 0 aromatic carbocycles. The summed E-state index contributed by atoms with van der Waals surface area (Å²) in [6, 6.07) is 4.15. The lowest BCUT2D eigenvalue weighted by atomic mass is 10.1. The molecule has 1 N–H and O–H groups in total. The van der Waals surface area contributed by atoms with Gasteiger partial charge in [0.2, 0.25) is 5.88 Å². The monoisotopic (exact) mass is 274 g/mol. The summed E-state index contributed by atoms with van der Waals surface area (Å²) in [5, 5.41) is 7.97. The fourth-order valence-corrected chi connectivity index (χ4v) is 2.43. The van der Waals surface area contributed by atoms with Gasteiger partial charge in [0.15, 0.2) is 0 Å². The van der Waals surface area contributed by atoms with E-state index < -0.39 is 0 Å². The van der Waals surface area contributed by atoms with Gasteiger partial charge in [-0.25, -0.2) is 4.98 Å². The van der Waals surface area contributed by atoms with Crippen LogP contribution in [0.3, 0.4) is 0 Å². The maximum absolute atomic E-state index is 5.06. The Balaban J connectivity index is 2.02. The predicted octanol–water partition coefficient (Wildman–Crippen LogP) is 2.29. The van der Waals surface area contributed by atoms with Crippen LogP contribution >= 0.6 is 0 Å². The van der Waals surface area contributed by atoms with E-state index in [1.165, 1.54) is 11.3 Å². The van der Waals surface area contributed by atoms with Gasteiger partial charge in [0.1, 0.15) is 0 Å². The molecular weight excluding hydrogens is 252 g/mol. The van der Waals surface area contributed by atoms with Crippen molar-refractivity contribution >= 4 is 0 Å². The first-order valence-electron chi connectivity index (χ1n) is 6.75. The molecule has 2 heterocycles. The molecular formula is C15H22N4O. The van der Waals surface area contributed by atoms with Crippen LogP contribution in [0.1, 0.15) is 35.5 Å². The Hall–Kier alpha value is -1.88. The number of methoxy groups -OCH3 is 1. The molecule has 0 aliphatic heterocycles. The standard InChI is InChI=1S/C15H22N4O/c1-10(15-11(2)18-19(4)12(15)3)16-8-13-6-7-14(20-5)17-9-13/h6-7,9-10,16H,8H2,1-5H3. The molecule has 0 saturated carbocycles. The van der Waals surface area contributed by atoms with Gasteiger partial charge in [-0.05, 0) is 26.3 Å².